The first-order valence-corrected chi connectivity index (χ1v) is 10.9. The Bertz CT molecular complexity index is 1030. The molecule has 0 saturated carbocycles. The van der Waals surface area contributed by atoms with Crippen molar-refractivity contribution in [2.75, 3.05) is 6.54 Å². The highest BCUT2D eigenvalue weighted by Crippen LogP contribution is 2.30. The number of benzene rings is 1. The Hall–Kier alpha value is -3.55. The summed E-state index contributed by atoms with van der Waals surface area (Å²) in [4.78, 5) is 41.4. The van der Waals surface area contributed by atoms with Gasteiger partial charge in [-0.1, -0.05) is 24.3 Å². The van der Waals surface area contributed by atoms with E-state index in [4.69, 9.17) is 4.55 Å². The second-order valence-electron chi connectivity index (χ2n) is 6.84. The minimum atomic E-state index is -4.85. The van der Waals surface area contributed by atoms with Crippen LogP contribution in [0, 0.1) is 0 Å². The summed E-state index contributed by atoms with van der Waals surface area (Å²) >= 11 is 0. The summed E-state index contributed by atoms with van der Waals surface area (Å²) in [5, 5.41) is 0.547. The van der Waals surface area contributed by atoms with Crippen LogP contribution in [0.2, 0.25) is 0 Å². The first-order valence-electron chi connectivity index (χ1n) is 9.53. The molecule has 1 aromatic carbocycles. The van der Waals surface area contributed by atoms with Crippen LogP contribution in [0.3, 0.4) is 0 Å². The molecule has 170 valence electrons. The number of urea groups is 1. The van der Waals surface area contributed by atoms with Gasteiger partial charge in [0.15, 0.2) is 0 Å². The van der Waals surface area contributed by atoms with Crippen LogP contribution in [-0.4, -0.2) is 64.4 Å². The normalized spacial score (nSPS) is 19.6. The predicted octanol–water partition coefficient (Wildman–Crippen LogP) is 0.532. The van der Waals surface area contributed by atoms with E-state index in [1.165, 1.54) is 0 Å². The molecule has 2 bridgehead atoms. The van der Waals surface area contributed by atoms with Gasteiger partial charge < -0.3 is 4.90 Å². The van der Waals surface area contributed by atoms with E-state index in [0.29, 0.717) is 17.0 Å². The average molecular weight is 463 g/mol. The van der Waals surface area contributed by atoms with Gasteiger partial charge in [0, 0.05) is 24.5 Å². The fourth-order valence-electron chi connectivity index (χ4n) is 3.28. The molecule has 4 rings (SSSR count). The Morgan fingerprint density at radius 1 is 1.03 bits per heavy atom. The monoisotopic (exact) mass is 463 g/mol. The number of hydroxylamine groups is 2. The number of piperidine rings is 1. The van der Waals surface area contributed by atoms with Gasteiger partial charge in [0.2, 0.25) is 0 Å². The van der Waals surface area contributed by atoms with Crippen LogP contribution in [0.25, 0.3) is 0 Å². The van der Waals surface area contributed by atoms with Crippen molar-refractivity contribution in [1.29, 1.82) is 0 Å². The third-order valence-corrected chi connectivity index (χ3v) is 5.05. The zero-order valence-electron chi connectivity index (χ0n) is 16.7. The predicted molar refractivity (Wildman–Crippen MR) is 110 cm³/mol. The van der Waals surface area contributed by atoms with Crippen molar-refractivity contribution in [1.82, 2.24) is 25.8 Å². The van der Waals surface area contributed by atoms with Crippen molar-refractivity contribution in [3.63, 3.8) is 0 Å². The molecule has 0 radical (unpaired) electrons. The molecule has 1 aromatic heterocycles. The number of fused-ring (bicyclic) bond motifs is 2. The van der Waals surface area contributed by atoms with Crippen LogP contribution in [0.5, 0.6) is 0 Å². The van der Waals surface area contributed by atoms with Crippen LogP contribution in [0.1, 0.15) is 23.2 Å². The second kappa shape index (κ2) is 10.2. The molecule has 2 aliphatic heterocycles. The van der Waals surface area contributed by atoms with Gasteiger partial charge in [0.05, 0.1) is 6.04 Å². The minimum Gasteiger partial charge on any atom is -0.309 e. The molecule has 2 fully saturated rings. The largest absolute Gasteiger partial charge is 0.418 e. The summed E-state index contributed by atoms with van der Waals surface area (Å²) in [7, 11) is -4.85. The Morgan fingerprint density at radius 2 is 1.69 bits per heavy atom. The van der Waals surface area contributed by atoms with Gasteiger partial charge in [0.25, 0.3) is 11.8 Å². The maximum atomic E-state index is 12.3. The number of hydrogen-bond acceptors (Lipinski definition) is 7. The summed E-state index contributed by atoms with van der Waals surface area (Å²) in [6.45, 7) is 0.0685. The molecular weight excluding hydrogens is 442 g/mol. The lowest BCUT2D eigenvalue weighted by molar-refractivity contribution is -0.126. The fraction of sp³-hybridized carbons (Fsp3) is 0.263. The number of carbonyl (C=O) groups excluding carboxylic acids is 3. The van der Waals surface area contributed by atoms with E-state index in [9.17, 15) is 22.8 Å². The van der Waals surface area contributed by atoms with Gasteiger partial charge in [-0.25, -0.2) is 4.79 Å². The summed E-state index contributed by atoms with van der Waals surface area (Å²) in [6.07, 6.45) is 4.04. The molecule has 0 unspecified atom stereocenters. The van der Waals surface area contributed by atoms with E-state index < -0.39 is 40.3 Å². The van der Waals surface area contributed by atoms with Gasteiger partial charge in [0.1, 0.15) is 6.04 Å². The van der Waals surface area contributed by atoms with Gasteiger partial charge in [-0.15, -0.1) is 4.28 Å². The Kier molecular flexibility index (Phi) is 7.35. The highest BCUT2D eigenvalue weighted by Gasteiger charge is 2.49. The van der Waals surface area contributed by atoms with E-state index in [-0.39, 0.29) is 13.0 Å². The highest BCUT2D eigenvalue weighted by atomic mass is 32.3. The zero-order chi connectivity index (χ0) is 23.1. The standard InChI is InChI=1S/C14H16N4O7S.C5H5N/c19-12(9-4-2-1-3-5-9)15-16-13(20)11-7-6-10-8-17(11)14(21)18(10)25-26(22,23)24;1-2-4-6-5-3-1/h1-5,10-11H,6-8H2,(H,15,19)(H,16,20)(H,22,23,24);1-5H/t10-,11+;/m1./s1. The smallest absolute Gasteiger partial charge is 0.309 e. The molecule has 12 nitrogen and oxygen atoms in total. The average Bonchev–Trinajstić information content (AvgIpc) is 3.03. The van der Waals surface area contributed by atoms with E-state index in [1.54, 1.807) is 42.7 Å². The Labute approximate surface area is 184 Å². The van der Waals surface area contributed by atoms with Gasteiger partial charge in [-0.2, -0.15) is 13.5 Å². The molecule has 2 atom stereocenters. The van der Waals surface area contributed by atoms with Gasteiger partial charge >= 0.3 is 16.4 Å². The van der Waals surface area contributed by atoms with Crippen LogP contribution in [0.4, 0.5) is 4.79 Å². The molecule has 4 amide bonds. The number of aromatic nitrogens is 1. The first kappa shape index (κ1) is 23.1. The molecule has 3 N–H and O–H groups in total. The molecule has 0 spiro atoms. The van der Waals surface area contributed by atoms with Crippen molar-refractivity contribution in [2.24, 2.45) is 0 Å². The molecule has 2 saturated heterocycles. The Morgan fingerprint density at radius 3 is 2.25 bits per heavy atom. The molecular formula is C19H21N5O7S. The first-order chi connectivity index (χ1) is 15.3. The van der Waals surface area contributed by atoms with E-state index >= 15 is 0 Å². The molecule has 3 heterocycles. The van der Waals surface area contributed by atoms with Crippen LogP contribution < -0.4 is 10.9 Å². The maximum absolute atomic E-state index is 12.3. The number of carbonyl (C=O) groups is 3. The number of pyridine rings is 1. The van der Waals surface area contributed by atoms with Crippen molar-refractivity contribution < 1.29 is 31.6 Å². The lowest BCUT2D eigenvalue weighted by Crippen LogP contribution is -2.54. The summed E-state index contributed by atoms with van der Waals surface area (Å²) in [5.74, 6) is -1.13. The number of amides is 4. The topological polar surface area (TPSA) is 158 Å². The van der Waals surface area contributed by atoms with E-state index in [2.05, 4.69) is 20.1 Å². The molecule has 2 aromatic rings. The van der Waals surface area contributed by atoms with Crippen molar-refractivity contribution >= 4 is 28.2 Å². The van der Waals surface area contributed by atoms with Crippen LogP contribution in [-0.2, 0) is 19.5 Å². The number of hydrazine groups is 1. The highest BCUT2D eigenvalue weighted by molar-refractivity contribution is 7.80. The number of nitrogens with one attached hydrogen (secondary N) is 2. The summed E-state index contributed by atoms with van der Waals surface area (Å²) in [5.41, 5.74) is 4.87. The molecule has 13 heteroatoms. The molecule has 2 aliphatic rings. The fourth-order valence-corrected chi connectivity index (χ4v) is 3.67. The third kappa shape index (κ3) is 6.00. The number of hydrogen-bond donors (Lipinski definition) is 3. The second-order valence-corrected chi connectivity index (χ2v) is 7.85. The molecule has 0 aliphatic carbocycles. The van der Waals surface area contributed by atoms with E-state index in [1.807, 2.05) is 18.2 Å². The lowest BCUT2D eigenvalue weighted by atomic mass is 10.0. The number of nitrogens with zero attached hydrogens (tertiary/aromatic N) is 3. The zero-order valence-corrected chi connectivity index (χ0v) is 17.5. The lowest BCUT2D eigenvalue weighted by Gasteiger charge is -2.29. The SMILES string of the molecule is O=C(NNC(=O)[C@@H]1CC[C@@H]2CN1C(=O)N2OS(=O)(=O)O)c1ccccc1.c1ccncc1. The Balaban J connectivity index is 0.000000416. The summed E-state index contributed by atoms with van der Waals surface area (Å²) in [6, 6.07) is 11.6. The van der Waals surface area contributed by atoms with E-state index in [0.717, 1.165) is 4.90 Å². The summed E-state index contributed by atoms with van der Waals surface area (Å²) < 4.78 is 34.7. The van der Waals surface area contributed by atoms with Crippen molar-refractivity contribution in [3.05, 3.63) is 66.5 Å². The van der Waals surface area contributed by atoms with Gasteiger partial charge in [-0.3, -0.25) is 30.0 Å². The maximum Gasteiger partial charge on any atom is 0.418 e. The van der Waals surface area contributed by atoms with Crippen LogP contribution in [0.15, 0.2) is 60.9 Å². The molecule has 32 heavy (non-hydrogen) atoms. The number of rotatable bonds is 4. The van der Waals surface area contributed by atoms with Gasteiger partial charge in [-0.05, 0) is 37.1 Å². The third-order valence-electron chi connectivity index (χ3n) is 4.70. The quantitative estimate of drug-likeness (QED) is 0.438. The van der Waals surface area contributed by atoms with Crippen molar-refractivity contribution in [2.45, 2.75) is 24.9 Å². The van der Waals surface area contributed by atoms with Crippen LogP contribution >= 0.6 is 0 Å². The van der Waals surface area contributed by atoms with Crippen molar-refractivity contribution in [3.8, 4) is 0 Å². The minimum absolute atomic E-state index is 0.0685.